The number of guanidine groups is 1. The highest BCUT2D eigenvalue weighted by molar-refractivity contribution is 6.11. The summed E-state index contributed by atoms with van der Waals surface area (Å²) in [5.41, 5.74) is 10.3. The molecule has 9 nitrogen and oxygen atoms in total. The largest absolute Gasteiger partial charge is 0.368 e. The molecule has 4 rings (SSSR count). The molecule has 2 atom stereocenters. The van der Waals surface area contributed by atoms with E-state index in [4.69, 9.17) is 10.7 Å². The third-order valence-electron chi connectivity index (χ3n) is 5.80. The van der Waals surface area contributed by atoms with Gasteiger partial charge in [-0.3, -0.25) is 24.3 Å². The molecule has 1 saturated heterocycles. The van der Waals surface area contributed by atoms with Crippen molar-refractivity contribution in [3.05, 3.63) is 40.7 Å². The number of hydrogen-bond acceptors (Lipinski definition) is 6. The maximum absolute atomic E-state index is 13.2. The van der Waals surface area contributed by atoms with Crippen molar-refractivity contribution in [2.24, 2.45) is 10.7 Å². The number of primary amides is 1. The Morgan fingerprint density at radius 2 is 1.83 bits per heavy atom. The van der Waals surface area contributed by atoms with Crippen LogP contribution in [-0.4, -0.2) is 64.3 Å². The highest BCUT2D eigenvalue weighted by Crippen LogP contribution is 2.40. The van der Waals surface area contributed by atoms with E-state index in [0.29, 0.717) is 5.96 Å². The lowest BCUT2D eigenvalue weighted by Crippen LogP contribution is -2.65. The van der Waals surface area contributed by atoms with Gasteiger partial charge in [-0.05, 0) is 39.3 Å². The van der Waals surface area contributed by atoms with Gasteiger partial charge in [-0.1, -0.05) is 17.7 Å². The lowest BCUT2D eigenvalue weighted by atomic mass is 10.1. The predicted molar refractivity (Wildman–Crippen MR) is 108 cm³/mol. The number of nitrogens with two attached hydrogens (primary N) is 1. The fourth-order valence-corrected chi connectivity index (χ4v) is 4.26. The Morgan fingerprint density at radius 3 is 2.45 bits per heavy atom. The third kappa shape index (κ3) is 2.60. The molecule has 1 aromatic carbocycles. The summed E-state index contributed by atoms with van der Waals surface area (Å²) in [6, 6.07) is 4.87. The Hall–Kier alpha value is -3.36. The van der Waals surface area contributed by atoms with Crippen molar-refractivity contribution < 1.29 is 14.4 Å². The molecule has 3 aliphatic rings. The third-order valence-corrected chi connectivity index (χ3v) is 5.80. The molecular formula is C20H24N6O3. The van der Waals surface area contributed by atoms with Crippen LogP contribution in [-0.2, 0) is 9.59 Å². The first-order valence-electron chi connectivity index (χ1n) is 9.42. The number of aliphatic imine (C=N–C) groups is 1. The summed E-state index contributed by atoms with van der Waals surface area (Å²) in [5, 5.41) is 0. The summed E-state index contributed by atoms with van der Waals surface area (Å²) in [6.07, 6.45) is -0.662. The smallest absolute Gasteiger partial charge is 0.328 e. The number of anilines is 1. The topological polar surface area (TPSA) is 103 Å². The van der Waals surface area contributed by atoms with E-state index in [1.807, 2.05) is 49.6 Å². The first-order valence-corrected chi connectivity index (χ1v) is 9.42. The van der Waals surface area contributed by atoms with E-state index in [1.54, 1.807) is 7.05 Å². The SMILES string of the molecule is CC1=C(C)N2C(=NC3C2C(=O)N(CC(N)=O)C(=O)N3C)N1c1ccc(C)cc1C. The molecule has 2 N–H and O–H groups in total. The van der Waals surface area contributed by atoms with Crippen molar-refractivity contribution in [1.82, 2.24) is 14.7 Å². The van der Waals surface area contributed by atoms with Gasteiger partial charge < -0.3 is 10.6 Å². The molecule has 0 spiro atoms. The number of likely N-dealkylation sites (N-methyl/N-ethyl adjacent to an activating group) is 1. The monoisotopic (exact) mass is 396 g/mol. The van der Waals surface area contributed by atoms with Gasteiger partial charge in [-0.25, -0.2) is 9.79 Å². The minimum Gasteiger partial charge on any atom is -0.368 e. The lowest BCUT2D eigenvalue weighted by molar-refractivity contribution is -0.139. The number of aryl methyl sites for hydroxylation is 2. The van der Waals surface area contributed by atoms with Gasteiger partial charge in [0, 0.05) is 18.4 Å². The molecule has 3 aliphatic heterocycles. The Bertz CT molecular complexity index is 1010. The summed E-state index contributed by atoms with van der Waals surface area (Å²) in [4.78, 5) is 48.1. The zero-order chi connectivity index (χ0) is 21.2. The van der Waals surface area contributed by atoms with Crippen molar-refractivity contribution in [2.45, 2.75) is 39.9 Å². The van der Waals surface area contributed by atoms with Crippen LogP contribution in [0.3, 0.4) is 0 Å². The van der Waals surface area contributed by atoms with Crippen molar-refractivity contribution >= 4 is 29.5 Å². The number of amides is 4. The number of carbonyl (C=O) groups excluding carboxylic acids is 3. The molecule has 1 aromatic rings. The molecular weight excluding hydrogens is 372 g/mol. The molecule has 0 saturated carbocycles. The van der Waals surface area contributed by atoms with E-state index < -0.39 is 36.6 Å². The summed E-state index contributed by atoms with van der Waals surface area (Å²) in [7, 11) is 1.58. The van der Waals surface area contributed by atoms with E-state index in [2.05, 4.69) is 6.07 Å². The number of hydrogen-bond donors (Lipinski definition) is 1. The molecule has 0 radical (unpaired) electrons. The highest BCUT2D eigenvalue weighted by Gasteiger charge is 2.56. The maximum atomic E-state index is 13.2. The number of imide groups is 1. The van der Waals surface area contributed by atoms with Gasteiger partial charge in [0.25, 0.3) is 5.91 Å². The summed E-state index contributed by atoms with van der Waals surface area (Å²) in [6.45, 7) is 7.53. The van der Waals surface area contributed by atoms with Crippen molar-refractivity contribution in [3.8, 4) is 0 Å². The summed E-state index contributed by atoms with van der Waals surface area (Å²) >= 11 is 0. The highest BCUT2D eigenvalue weighted by atomic mass is 16.2. The Labute approximate surface area is 169 Å². The fourth-order valence-electron chi connectivity index (χ4n) is 4.26. The lowest BCUT2D eigenvalue weighted by Gasteiger charge is -2.40. The van der Waals surface area contributed by atoms with Crippen molar-refractivity contribution in [2.75, 3.05) is 18.5 Å². The standard InChI is InChI=1S/C20H24N6O3/c1-10-6-7-14(11(2)8-10)25-12(3)13(4)26-16-17(22-19(25)26)23(5)20(29)24(18(16)28)9-15(21)27/h6-8,16-17H,9H2,1-5H3,(H2,21,27). The van der Waals surface area contributed by atoms with Crippen LogP contribution < -0.4 is 10.6 Å². The van der Waals surface area contributed by atoms with Gasteiger partial charge in [-0.2, -0.15) is 0 Å². The average Bonchev–Trinajstić information content (AvgIpc) is 3.14. The van der Waals surface area contributed by atoms with E-state index in [-0.39, 0.29) is 0 Å². The van der Waals surface area contributed by atoms with Gasteiger partial charge in [-0.15, -0.1) is 0 Å². The number of nitrogens with zero attached hydrogens (tertiary/aromatic N) is 5. The van der Waals surface area contributed by atoms with E-state index >= 15 is 0 Å². The zero-order valence-electron chi connectivity index (χ0n) is 17.1. The number of urea groups is 1. The van der Waals surface area contributed by atoms with Crippen LogP contribution in [0.25, 0.3) is 0 Å². The minimum atomic E-state index is -0.737. The van der Waals surface area contributed by atoms with Crippen LogP contribution in [0.15, 0.2) is 34.6 Å². The maximum Gasteiger partial charge on any atom is 0.328 e. The Morgan fingerprint density at radius 1 is 1.14 bits per heavy atom. The van der Waals surface area contributed by atoms with E-state index in [9.17, 15) is 14.4 Å². The summed E-state index contributed by atoms with van der Waals surface area (Å²) < 4.78 is 0. The molecule has 0 bridgehead atoms. The Kier molecular flexibility index (Phi) is 4.14. The van der Waals surface area contributed by atoms with Crippen molar-refractivity contribution in [1.29, 1.82) is 0 Å². The number of benzene rings is 1. The second kappa shape index (κ2) is 6.33. The quantitative estimate of drug-likeness (QED) is 0.825. The fraction of sp³-hybridized carbons (Fsp3) is 0.400. The molecule has 2 unspecified atom stereocenters. The van der Waals surface area contributed by atoms with Crippen LogP contribution in [0.1, 0.15) is 25.0 Å². The van der Waals surface area contributed by atoms with Gasteiger partial charge >= 0.3 is 6.03 Å². The minimum absolute atomic E-state index is 0.447. The summed E-state index contributed by atoms with van der Waals surface area (Å²) in [5.74, 6) is -0.597. The first kappa shape index (κ1) is 19.0. The molecule has 29 heavy (non-hydrogen) atoms. The molecule has 152 valence electrons. The van der Waals surface area contributed by atoms with Crippen LogP contribution >= 0.6 is 0 Å². The van der Waals surface area contributed by atoms with Gasteiger partial charge in [0.15, 0.2) is 12.2 Å². The molecule has 4 amide bonds. The second-order valence-corrected chi connectivity index (χ2v) is 7.74. The van der Waals surface area contributed by atoms with Crippen LogP contribution in [0.2, 0.25) is 0 Å². The Balaban J connectivity index is 1.79. The molecule has 1 fully saturated rings. The van der Waals surface area contributed by atoms with Crippen LogP contribution in [0, 0.1) is 13.8 Å². The molecule has 0 aromatic heterocycles. The van der Waals surface area contributed by atoms with Gasteiger partial charge in [0.2, 0.25) is 11.9 Å². The average molecular weight is 396 g/mol. The number of carbonyl (C=O) groups is 3. The molecule has 0 aliphatic carbocycles. The normalized spacial score (nSPS) is 23.7. The van der Waals surface area contributed by atoms with E-state index in [0.717, 1.165) is 33.1 Å². The number of fused-ring (bicyclic) bond motifs is 3. The number of rotatable bonds is 3. The molecule has 3 heterocycles. The number of allylic oxidation sites excluding steroid dienone is 2. The predicted octanol–water partition coefficient (Wildman–Crippen LogP) is 1.12. The van der Waals surface area contributed by atoms with Crippen LogP contribution in [0.4, 0.5) is 10.5 Å². The second-order valence-electron chi connectivity index (χ2n) is 7.74. The van der Waals surface area contributed by atoms with E-state index in [1.165, 1.54) is 4.90 Å². The van der Waals surface area contributed by atoms with Gasteiger partial charge in [0.1, 0.15) is 6.54 Å². The van der Waals surface area contributed by atoms with Gasteiger partial charge in [0.05, 0.1) is 5.69 Å². The first-order chi connectivity index (χ1) is 13.6. The van der Waals surface area contributed by atoms with Crippen LogP contribution in [0.5, 0.6) is 0 Å². The molecule has 9 heteroatoms. The van der Waals surface area contributed by atoms with Crippen molar-refractivity contribution in [3.63, 3.8) is 0 Å². The zero-order valence-corrected chi connectivity index (χ0v) is 17.1.